The van der Waals surface area contributed by atoms with Crippen molar-refractivity contribution in [3.63, 3.8) is 0 Å². The molecule has 5 N–H and O–H groups in total. The molecule has 0 aliphatic carbocycles. The van der Waals surface area contributed by atoms with Crippen LogP contribution < -0.4 is 10.6 Å². The highest BCUT2D eigenvalue weighted by atomic mass is 79.9. The number of aromatic nitrogens is 1. The number of nitrogens with zero attached hydrogens (tertiary/aromatic N) is 1. The lowest BCUT2D eigenvalue weighted by molar-refractivity contribution is -0.145. The summed E-state index contributed by atoms with van der Waals surface area (Å²) in [5.74, 6) is -2.02. The van der Waals surface area contributed by atoms with E-state index in [1.807, 2.05) is 38.1 Å². The third kappa shape index (κ3) is 11.4. The molecule has 3 amide bonds. The second-order valence-corrected chi connectivity index (χ2v) is 14.0. The Balaban J connectivity index is 1.87. The van der Waals surface area contributed by atoms with Crippen LogP contribution in [0.4, 0.5) is 0 Å². The number of carbonyl (C=O) groups is 4. The van der Waals surface area contributed by atoms with E-state index in [1.54, 1.807) is 39.8 Å². The molecule has 272 valence electrons. The fourth-order valence-corrected chi connectivity index (χ4v) is 6.78. The van der Waals surface area contributed by atoms with Gasteiger partial charge in [0.25, 0.3) is 0 Å². The fraction of sp³-hybridized carbons (Fsp3) is 0.474. The van der Waals surface area contributed by atoms with E-state index in [9.17, 15) is 29.4 Å². The summed E-state index contributed by atoms with van der Waals surface area (Å²) in [4.78, 5) is 58.6. The Morgan fingerprint density at radius 2 is 1.64 bits per heavy atom. The van der Waals surface area contributed by atoms with Crippen molar-refractivity contribution in [3.05, 3.63) is 75.9 Å². The van der Waals surface area contributed by atoms with Gasteiger partial charge >= 0.3 is 5.97 Å². The van der Waals surface area contributed by atoms with Gasteiger partial charge in [0.1, 0.15) is 17.8 Å². The van der Waals surface area contributed by atoms with E-state index in [0.29, 0.717) is 23.0 Å². The summed E-state index contributed by atoms with van der Waals surface area (Å²) in [7, 11) is 1.53. The number of ether oxygens (including phenoxy) is 1. The molecule has 0 unspecified atom stereocenters. The van der Waals surface area contributed by atoms with Crippen LogP contribution in [0.15, 0.2) is 64.8 Å². The number of phenols is 1. The van der Waals surface area contributed by atoms with Crippen LogP contribution in [-0.4, -0.2) is 75.6 Å². The highest BCUT2D eigenvalue weighted by Crippen LogP contribution is 2.29. The van der Waals surface area contributed by atoms with Gasteiger partial charge in [0.15, 0.2) is 0 Å². The Hall–Kier alpha value is -4.16. The van der Waals surface area contributed by atoms with Crippen molar-refractivity contribution in [1.82, 2.24) is 20.5 Å². The van der Waals surface area contributed by atoms with Crippen LogP contribution in [0.25, 0.3) is 10.9 Å². The molecule has 3 aromatic rings. The first-order chi connectivity index (χ1) is 23.6. The van der Waals surface area contributed by atoms with Crippen LogP contribution in [0.3, 0.4) is 0 Å². The molecule has 1 aromatic heterocycles. The molecule has 0 radical (unpaired) electrons. The number of likely N-dealkylation sites (N-methyl/N-ethyl adjacent to an activating group) is 1. The number of H-pyrrole nitrogens is 1. The number of fused-ring (bicyclic) bond motifs is 1. The van der Waals surface area contributed by atoms with Gasteiger partial charge in [0.05, 0.1) is 29.8 Å². The zero-order valence-electron chi connectivity index (χ0n) is 30.0. The summed E-state index contributed by atoms with van der Waals surface area (Å²) >= 11 is 3.59. The number of rotatable bonds is 17. The van der Waals surface area contributed by atoms with E-state index in [4.69, 9.17) is 4.74 Å². The number of hydrogen-bond acceptors (Lipinski definition) is 7. The molecule has 0 aliphatic heterocycles. The third-order valence-electron chi connectivity index (χ3n) is 8.65. The van der Waals surface area contributed by atoms with Gasteiger partial charge in [0.2, 0.25) is 17.7 Å². The number of esters is 1. The van der Waals surface area contributed by atoms with E-state index >= 15 is 0 Å². The van der Waals surface area contributed by atoms with Crippen molar-refractivity contribution >= 4 is 50.5 Å². The van der Waals surface area contributed by atoms with Crippen molar-refractivity contribution in [2.75, 3.05) is 13.7 Å². The molecular formula is C38H51BrN4O7. The van der Waals surface area contributed by atoms with Crippen LogP contribution in [0.5, 0.6) is 5.75 Å². The molecular weight excluding hydrogens is 704 g/mol. The quantitative estimate of drug-likeness (QED) is 0.0873. The standard InChI is InChI=1S/C38H51BrN4O7/c1-8-50-34(46)21-32(27-13-15-28(45)16-14-27)42-37(48)33(20-30-29-11-9-10-12-31(29)41-35(30)39)43(7)38(49)26(6)40-36(47)24(4)18-22(2)17-23(3)19-25(5)44/h9-17,23-26,32-33,41,44-45H,8,18-21H2,1-7H3,(H,40,47)(H,42,48)/t23-,24-,25-,26-,32+,33+/m0/s1. The zero-order valence-corrected chi connectivity index (χ0v) is 31.5. The first-order valence-corrected chi connectivity index (χ1v) is 17.8. The van der Waals surface area contributed by atoms with E-state index < -0.39 is 47.9 Å². The summed E-state index contributed by atoms with van der Waals surface area (Å²) < 4.78 is 5.84. The van der Waals surface area contributed by atoms with Crippen molar-refractivity contribution in [2.45, 2.75) is 91.5 Å². The lowest BCUT2D eigenvalue weighted by Gasteiger charge is -2.31. The average molecular weight is 756 g/mol. The smallest absolute Gasteiger partial charge is 0.308 e. The number of amides is 3. The van der Waals surface area contributed by atoms with Gasteiger partial charge in [-0.3, -0.25) is 19.2 Å². The molecule has 0 saturated heterocycles. The van der Waals surface area contributed by atoms with E-state index in [2.05, 4.69) is 37.6 Å². The number of hydrogen-bond donors (Lipinski definition) is 5. The summed E-state index contributed by atoms with van der Waals surface area (Å²) in [6, 6.07) is 11.0. The number of aromatic hydroxyl groups is 1. The number of nitrogens with one attached hydrogen (secondary N) is 3. The maximum absolute atomic E-state index is 14.2. The molecule has 11 nitrogen and oxygen atoms in total. The zero-order chi connectivity index (χ0) is 37.1. The van der Waals surface area contributed by atoms with Gasteiger partial charge in [-0.15, -0.1) is 0 Å². The number of benzene rings is 2. The molecule has 0 fully saturated rings. The SMILES string of the molecule is CCOC(=O)C[C@@H](NC(=O)[C@@H](Cc1c(Br)[nH]c2ccccc12)N(C)C(=O)[C@H](C)NC(=O)[C@@H](C)CC(C)=C[C@H](C)C[C@H](C)O)c1ccc(O)cc1. The van der Waals surface area contributed by atoms with Gasteiger partial charge < -0.3 is 35.5 Å². The molecule has 2 aromatic carbocycles. The van der Waals surface area contributed by atoms with Crippen LogP contribution in [0.1, 0.15) is 78.0 Å². The van der Waals surface area contributed by atoms with Gasteiger partial charge in [-0.05, 0) is 91.7 Å². The summed E-state index contributed by atoms with van der Waals surface area (Å²) in [5.41, 5.74) is 3.23. The number of aliphatic hydroxyl groups excluding tert-OH is 1. The van der Waals surface area contributed by atoms with Gasteiger partial charge in [-0.25, -0.2) is 0 Å². The number of carbonyl (C=O) groups excluding carboxylic acids is 4. The van der Waals surface area contributed by atoms with Gasteiger partial charge in [-0.1, -0.05) is 55.8 Å². The average Bonchev–Trinajstić information content (AvgIpc) is 3.36. The number of aliphatic hydroxyl groups is 1. The number of aromatic amines is 1. The highest BCUT2D eigenvalue weighted by Gasteiger charge is 2.34. The highest BCUT2D eigenvalue weighted by molar-refractivity contribution is 9.10. The third-order valence-corrected chi connectivity index (χ3v) is 9.33. The molecule has 0 aliphatic rings. The largest absolute Gasteiger partial charge is 0.508 e. The van der Waals surface area contributed by atoms with Crippen LogP contribution in [0, 0.1) is 11.8 Å². The normalized spacial score (nSPS) is 15.3. The van der Waals surface area contributed by atoms with Crippen LogP contribution in [-0.2, 0) is 30.3 Å². The van der Waals surface area contributed by atoms with Crippen molar-refractivity contribution < 1.29 is 34.1 Å². The summed E-state index contributed by atoms with van der Waals surface area (Å²) in [6.07, 6.45) is 2.70. The fourth-order valence-electron chi connectivity index (χ4n) is 6.19. The second-order valence-electron chi connectivity index (χ2n) is 13.2. The Morgan fingerprint density at radius 1 is 0.980 bits per heavy atom. The van der Waals surface area contributed by atoms with E-state index in [1.165, 1.54) is 24.1 Å². The van der Waals surface area contributed by atoms with Crippen LogP contribution >= 0.6 is 15.9 Å². The topological polar surface area (TPSA) is 161 Å². The maximum atomic E-state index is 14.2. The van der Waals surface area contributed by atoms with Gasteiger partial charge in [0, 0.05) is 30.3 Å². The minimum Gasteiger partial charge on any atom is -0.508 e. The molecule has 6 atom stereocenters. The molecule has 1 heterocycles. The first-order valence-electron chi connectivity index (χ1n) is 17.0. The first kappa shape index (κ1) is 40.3. The van der Waals surface area contributed by atoms with Crippen molar-refractivity contribution in [1.29, 1.82) is 0 Å². The predicted octanol–water partition coefficient (Wildman–Crippen LogP) is 5.70. The van der Waals surface area contributed by atoms with E-state index in [0.717, 1.165) is 22.0 Å². The minimum absolute atomic E-state index is 0.0322. The number of halogens is 1. The van der Waals surface area contributed by atoms with Crippen LogP contribution in [0.2, 0.25) is 0 Å². The second kappa shape index (κ2) is 18.7. The van der Waals surface area contributed by atoms with Crippen molar-refractivity contribution in [3.8, 4) is 5.75 Å². The number of phenolic OH excluding ortho intramolecular Hbond substituents is 1. The molecule has 0 saturated carbocycles. The molecule has 0 bridgehead atoms. The Morgan fingerprint density at radius 3 is 2.28 bits per heavy atom. The monoisotopic (exact) mass is 754 g/mol. The lowest BCUT2D eigenvalue weighted by atomic mass is 9.95. The Bertz CT molecular complexity index is 1650. The lowest BCUT2D eigenvalue weighted by Crippen LogP contribution is -2.55. The maximum Gasteiger partial charge on any atom is 0.308 e. The van der Waals surface area contributed by atoms with E-state index in [-0.39, 0.29) is 37.0 Å². The summed E-state index contributed by atoms with van der Waals surface area (Å²) in [6.45, 7) is 11.0. The Kier molecular flexibility index (Phi) is 15.1. The molecule has 3 rings (SSSR count). The molecule has 50 heavy (non-hydrogen) atoms. The molecule has 0 spiro atoms. The summed E-state index contributed by atoms with van der Waals surface area (Å²) in [5, 5.41) is 26.2. The van der Waals surface area contributed by atoms with Gasteiger partial charge in [-0.2, -0.15) is 0 Å². The number of para-hydroxylation sites is 1. The number of allylic oxidation sites excluding steroid dienone is 2. The molecule has 12 heteroatoms. The Labute approximate surface area is 303 Å². The van der Waals surface area contributed by atoms with Crippen molar-refractivity contribution in [2.24, 2.45) is 11.8 Å². The predicted molar refractivity (Wildman–Crippen MR) is 197 cm³/mol. The minimum atomic E-state index is -1.04.